The van der Waals surface area contributed by atoms with E-state index in [4.69, 9.17) is 0 Å². The smallest absolute Gasteiger partial charge is 0.339 e. The number of nitrogens with one attached hydrogen (secondary N) is 1. The summed E-state index contributed by atoms with van der Waals surface area (Å²) in [6.45, 7) is 8.75. The third-order valence-electron chi connectivity index (χ3n) is 5.26. The fourth-order valence-corrected chi connectivity index (χ4v) is 3.08. The van der Waals surface area contributed by atoms with Gasteiger partial charge in [0.25, 0.3) is 0 Å². The molecule has 1 aromatic carbocycles. The quantitative estimate of drug-likeness (QED) is 0.900. The first-order valence-corrected chi connectivity index (χ1v) is 7.15. The molecule has 21 heavy (non-hydrogen) atoms. The summed E-state index contributed by atoms with van der Waals surface area (Å²) in [6, 6.07) is 9.48. The number of carboxylic acid groups (broad SMARTS) is 1. The highest BCUT2D eigenvalue weighted by molar-refractivity contribution is 5.98. The Morgan fingerprint density at radius 3 is 2.38 bits per heavy atom. The van der Waals surface area contributed by atoms with E-state index in [1.807, 2.05) is 24.3 Å². The van der Waals surface area contributed by atoms with E-state index in [0.717, 1.165) is 10.9 Å². The normalized spacial score (nSPS) is 19.4. The Labute approximate surface area is 124 Å². The predicted octanol–water partition coefficient (Wildman–Crippen LogP) is 3.78. The minimum Gasteiger partial charge on any atom is -0.478 e. The van der Waals surface area contributed by atoms with Gasteiger partial charge in [0.05, 0.1) is 5.52 Å². The highest BCUT2D eigenvalue weighted by Gasteiger charge is 2.65. The monoisotopic (exact) mass is 284 g/mol. The first-order chi connectivity index (χ1) is 9.75. The van der Waals surface area contributed by atoms with E-state index in [9.17, 15) is 9.90 Å². The standard InChI is InChI=1S/C17H20N2O2/c1-16(2)15(17(16,3)4)19-13-11(14(20)21)9-10-7-5-6-8-12(10)18-13/h5-9,15H,1-4H3,(H,18,19)(H,20,21). The number of anilines is 1. The molecular formula is C17H20N2O2. The van der Waals surface area contributed by atoms with Gasteiger partial charge in [-0.2, -0.15) is 0 Å². The summed E-state index contributed by atoms with van der Waals surface area (Å²) in [5.41, 5.74) is 1.28. The maximum atomic E-state index is 11.5. The van der Waals surface area contributed by atoms with Crippen molar-refractivity contribution in [2.45, 2.75) is 33.7 Å². The van der Waals surface area contributed by atoms with Gasteiger partial charge in [-0.3, -0.25) is 0 Å². The van der Waals surface area contributed by atoms with Gasteiger partial charge in [0.2, 0.25) is 0 Å². The van der Waals surface area contributed by atoms with Crippen molar-refractivity contribution in [3.05, 3.63) is 35.9 Å². The predicted molar refractivity (Wildman–Crippen MR) is 83.7 cm³/mol. The number of carbonyl (C=O) groups is 1. The molecular weight excluding hydrogens is 264 g/mol. The third-order valence-corrected chi connectivity index (χ3v) is 5.26. The summed E-state index contributed by atoms with van der Waals surface area (Å²) in [5, 5.41) is 13.6. The molecule has 1 heterocycles. The van der Waals surface area contributed by atoms with Gasteiger partial charge in [-0.05, 0) is 23.0 Å². The number of hydrogen-bond donors (Lipinski definition) is 2. The minimum atomic E-state index is -0.952. The number of carboxylic acids is 1. The van der Waals surface area contributed by atoms with Crippen molar-refractivity contribution in [1.82, 2.24) is 4.98 Å². The van der Waals surface area contributed by atoms with Crippen molar-refractivity contribution in [3.8, 4) is 0 Å². The zero-order valence-electron chi connectivity index (χ0n) is 12.8. The number of aromatic carboxylic acids is 1. The first kappa shape index (κ1) is 13.9. The Hall–Kier alpha value is -2.10. The van der Waals surface area contributed by atoms with Crippen LogP contribution in [0.3, 0.4) is 0 Å². The van der Waals surface area contributed by atoms with Gasteiger partial charge in [-0.25, -0.2) is 9.78 Å². The summed E-state index contributed by atoms with van der Waals surface area (Å²) in [7, 11) is 0. The van der Waals surface area contributed by atoms with Crippen LogP contribution in [0.15, 0.2) is 30.3 Å². The molecule has 0 radical (unpaired) electrons. The number of aromatic nitrogens is 1. The second kappa shape index (κ2) is 4.20. The Bertz CT molecular complexity index is 721. The van der Waals surface area contributed by atoms with E-state index in [1.54, 1.807) is 6.07 Å². The number of para-hydroxylation sites is 1. The lowest BCUT2D eigenvalue weighted by atomic mass is 10.0. The van der Waals surface area contributed by atoms with Crippen LogP contribution >= 0.6 is 0 Å². The Morgan fingerprint density at radius 1 is 1.19 bits per heavy atom. The van der Waals surface area contributed by atoms with Crippen LogP contribution in [-0.2, 0) is 0 Å². The number of hydrogen-bond acceptors (Lipinski definition) is 3. The van der Waals surface area contributed by atoms with Crippen molar-refractivity contribution in [2.75, 3.05) is 5.32 Å². The summed E-state index contributed by atoms with van der Waals surface area (Å²) in [6.07, 6.45) is 0. The number of nitrogens with zero attached hydrogens (tertiary/aromatic N) is 1. The molecule has 3 rings (SSSR count). The lowest BCUT2D eigenvalue weighted by molar-refractivity contribution is 0.0697. The summed E-state index contributed by atoms with van der Waals surface area (Å²) < 4.78 is 0. The van der Waals surface area contributed by atoms with Crippen molar-refractivity contribution in [1.29, 1.82) is 0 Å². The minimum absolute atomic E-state index is 0.121. The summed E-state index contributed by atoms with van der Waals surface area (Å²) in [5.74, 6) is -0.489. The second-order valence-corrected chi connectivity index (χ2v) is 6.90. The molecule has 0 saturated heterocycles. The molecule has 0 spiro atoms. The second-order valence-electron chi connectivity index (χ2n) is 6.90. The number of pyridine rings is 1. The van der Waals surface area contributed by atoms with Gasteiger partial charge in [-0.15, -0.1) is 0 Å². The maximum Gasteiger partial charge on any atom is 0.339 e. The highest BCUT2D eigenvalue weighted by Crippen LogP contribution is 2.63. The fraction of sp³-hybridized carbons (Fsp3) is 0.412. The van der Waals surface area contributed by atoms with Crippen LogP contribution in [0.5, 0.6) is 0 Å². The van der Waals surface area contributed by atoms with Crippen LogP contribution in [0.25, 0.3) is 10.9 Å². The first-order valence-electron chi connectivity index (χ1n) is 7.15. The van der Waals surface area contributed by atoms with Gasteiger partial charge in [-0.1, -0.05) is 45.9 Å². The van der Waals surface area contributed by atoms with Crippen LogP contribution in [0.2, 0.25) is 0 Å². The van der Waals surface area contributed by atoms with E-state index in [-0.39, 0.29) is 22.4 Å². The van der Waals surface area contributed by atoms with Crippen LogP contribution in [-0.4, -0.2) is 22.1 Å². The van der Waals surface area contributed by atoms with Gasteiger partial charge < -0.3 is 10.4 Å². The molecule has 0 bridgehead atoms. The molecule has 0 unspecified atom stereocenters. The lowest BCUT2D eigenvalue weighted by Gasteiger charge is -2.11. The van der Waals surface area contributed by atoms with Crippen molar-refractivity contribution < 1.29 is 9.90 Å². The van der Waals surface area contributed by atoms with Crippen LogP contribution in [0, 0.1) is 10.8 Å². The van der Waals surface area contributed by atoms with Gasteiger partial charge in [0.1, 0.15) is 11.4 Å². The molecule has 0 aliphatic heterocycles. The van der Waals surface area contributed by atoms with E-state index < -0.39 is 5.97 Å². The third kappa shape index (κ3) is 1.97. The van der Waals surface area contributed by atoms with E-state index in [2.05, 4.69) is 38.0 Å². The van der Waals surface area contributed by atoms with E-state index >= 15 is 0 Å². The summed E-state index contributed by atoms with van der Waals surface area (Å²) >= 11 is 0. The van der Waals surface area contributed by atoms with Crippen LogP contribution < -0.4 is 5.32 Å². The van der Waals surface area contributed by atoms with Gasteiger partial charge >= 0.3 is 5.97 Å². The molecule has 0 amide bonds. The average Bonchev–Trinajstić information content (AvgIpc) is 2.80. The molecule has 1 saturated carbocycles. The Balaban J connectivity index is 2.05. The van der Waals surface area contributed by atoms with Crippen LogP contribution in [0.1, 0.15) is 38.1 Å². The molecule has 4 heteroatoms. The van der Waals surface area contributed by atoms with Crippen molar-refractivity contribution in [3.63, 3.8) is 0 Å². The number of benzene rings is 1. The van der Waals surface area contributed by atoms with Gasteiger partial charge in [0, 0.05) is 11.4 Å². The largest absolute Gasteiger partial charge is 0.478 e. The molecule has 1 aliphatic carbocycles. The summed E-state index contributed by atoms with van der Waals surface area (Å²) in [4.78, 5) is 16.0. The topological polar surface area (TPSA) is 62.2 Å². The molecule has 2 N–H and O–H groups in total. The SMILES string of the molecule is CC1(C)C(Nc2nc3ccccc3cc2C(=O)O)C1(C)C. The number of rotatable bonds is 3. The highest BCUT2D eigenvalue weighted by atomic mass is 16.4. The number of fused-ring (bicyclic) bond motifs is 1. The molecule has 1 aliphatic rings. The van der Waals surface area contributed by atoms with Crippen LogP contribution in [0.4, 0.5) is 5.82 Å². The van der Waals surface area contributed by atoms with Gasteiger partial charge in [0.15, 0.2) is 0 Å². The van der Waals surface area contributed by atoms with E-state index in [1.165, 1.54) is 0 Å². The zero-order chi connectivity index (χ0) is 15.4. The molecule has 4 nitrogen and oxygen atoms in total. The Morgan fingerprint density at radius 2 is 1.81 bits per heavy atom. The van der Waals surface area contributed by atoms with Crippen molar-refractivity contribution in [2.24, 2.45) is 10.8 Å². The molecule has 110 valence electrons. The van der Waals surface area contributed by atoms with Crippen molar-refractivity contribution >= 4 is 22.7 Å². The Kier molecular flexibility index (Phi) is 2.77. The average molecular weight is 284 g/mol. The fourth-order valence-electron chi connectivity index (χ4n) is 3.08. The molecule has 2 aromatic rings. The molecule has 1 aromatic heterocycles. The van der Waals surface area contributed by atoms with E-state index in [0.29, 0.717) is 5.82 Å². The lowest BCUT2D eigenvalue weighted by Crippen LogP contribution is -2.15. The molecule has 0 atom stereocenters. The molecule has 1 fully saturated rings. The maximum absolute atomic E-state index is 11.5. The zero-order valence-corrected chi connectivity index (χ0v) is 12.8.